The third-order valence-electron chi connectivity index (χ3n) is 10.1. The largest absolute Gasteiger partial charge is 0.488 e. The molecule has 0 aliphatic heterocycles. The number of hydrogen-bond acceptors (Lipinski definition) is 10. The van der Waals surface area contributed by atoms with Gasteiger partial charge in [-0.25, -0.2) is 4.85 Å². The molecule has 0 radical (unpaired) electrons. The van der Waals surface area contributed by atoms with Crippen molar-refractivity contribution in [3.63, 3.8) is 0 Å². The first-order chi connectivity index (χ1) is 29.8. The van der Waals surface area contributed by atoms with Gasteiger partial charge >= 0.3 is 5.97 Å². The lowest BCUT2D eigenvalue weighted by Crippen LogP contribution is -2.52. The number of benzene rings is 4. The third-order valence-corrected chi connectivity index (χ3v) is 11.0. The van der Waals surface area contributed by atoms with Crippen molar-refractivity contribution in [2.24, 2.45) is 0 Å². The third kappa shape index (κ3) is 10.9. The molecule has 0 fully saturated rings. The molecule has 0 saturated carbocycles. The summed E-state index contributed by atoms with van der Waals surface area (Å²) in [5.41, 5.74) is 6.90. The summed E-state index contributed by atoms with van der Waals surface area (Å²) in [6.07, 6.45) is 6.14. The number of hydrogen-bond donors (Lipinski definition) is 3. The van der Waals surface area contributed by atoms with Gasteiger partial charge in [-0.3, -0.25) is 20.1 Å². The quantitative estimate of drug-likeness (QED) is 0.0705. The summed E-state index contributed by atoms with van der Waals surface area (Å²) in [7, 11) is 0. The molecule has 1 unspecified atom stereocenters. The number of halogens is 3. The van der Waals surface area contributed by atoms with Gasteiger partial charge in [0.05, 0.1) is 33.8 Å². The number of ether oxygens (including phenoxy) is 4. The number of aliphatic hydroxyl groups excluding tert-OH is 1. The normalized spacial score (nSPS) is 11.8. The summed E-state index contributed by atoms with van der Waals surface area (Å²) < 4.78 is 24.7. The number of aromatic nitrogens is 2. The van der Waals surface area contributed by atoms with Crippen molar-refractivity contribution < 1.29 is 34.0 Å². The number of aliphatic carboxylic acids is 1. The summed E-state index contributed by atoms with van der Waals surface area (Å²) in [5, 5.41) is 32.5. The molecule has 0 aliphatic carbocycles. The molecule has 3 N–H and O–H groups in total. The second-order valence-corrected chi connectivity index (χ2v) is 15.7. The lowest BCUT2D eigenvalue weighted by molar-refractivity contribution is -0.145. The van der Waals surface area contributed by atoms with E-state index in [0.29, 0.717) is 61.0 Å². The summed E-state index contributed by atoms with van der Waals surface area (Å²) >= 11 is 19.8. The molecule has 0 saturated heterocycles. The van der Waals surface area contributed by atoms with Crippen LogP contribution in [0.2, 0.25) is 15.1 Å². The number of nitrogens with one attached hydrogen (secondary N) is 1. The average molecular weight is 893 g/mol. The number of pyridine rings is 2. The van der Waals surface area contributed by atoms with Crippen molar-refractivity contribution in [2.75, 3.05) is 6.61 Å². The minimum atomic E-state index is -1.61. The minimum absolute atomic E-state index is 0.00428. The first-order valence-electron chi connectivity index (χ1n) is 19.1. The van der Waals surface area contributed by atoms with E-state index in [-0.39, 0.29) is 38.0 Å². The molecule has 15 heteroatoms. The Labute approximate surface area is 374 Å². The van der Waals surface area contributed by atoms with Crippen LogP contribution in [0.15, 0.2) is 97.6 Å². The average Bonchev–Trinajstić information content (AvgIpc) is 3.27. The Kier molecular flexibility index (Phi) is 14.9. The van der Waals surface area contributed by atoms with E-state index in [1.165, 1.54) is 19.3 Å². The summed E-state index contributed by atoms with van der Waals surface area (Å²) in [4.78, 5) is 23.5. The molecule has 2 aromatic heterocycles. The summed E-state index contributed by atoms with van der Waals surface area (Å²) in [6.45, 7) is 12.7. The van der Waals surface area contributed by atoms with Crippen LogP contribution < -0.4 is 24.3 Å². The van der Waals surface area contributed by atoms with Gasteiger partial charge in [-0.15, -0.1) is 0 Å². The first kappa shape index (κ1) is 45.2. The highest BCUT2D eigenvalue weighted by atomic mass is 35.5. The van der Waals surface area contributed by atoms with Crippen LogP contribution in [-0.4, -0.2) is 38.3 Å². The second kappa shape index (κ2) is 20.5. The van der Waals surface area contributed by atoms with Gasteiger partial charge in [0.25, 0.3) is 0 Å². The number of aliphatic hydroxyl groups is 1. The number of carboxylic acid groups (broad SMARTS) is 1. The monoisotopic (exact) mass is 891 g/mol. The van der Waals surface area contributed by atoms with Crippen molar-refractivity contribution in [1.29, 1.82) is 5.26 Å². The lowest BCUT2D eigenvalue weighted by atomic mass is 9.92. The number of nitrogens with zero attached hydrogens (tertiary/aromatic N) is 4. The van der Waals surface area contributed by atoms with Crippen LogP contribution >= 0.6 is 34.8 Å². The summed E-state index contributed by atoms with van der Waals surface area (Å²) in [6, 6.07) is 23.9. The molecular weight excluding hydrogens is 853 g/mol. The summed E-state index contributed by atoms with van der Waals surface area (Å²) in [5.74, 6) is 0.235. The van der Waals surface area contributed by atoms with E-state index in [1.54, 1.807) is 48.8 Å². The predicted octanol–water partition coefficient (Wildman–Crippen LogP) is 10.4. The molecule has 62 heavy (non-hydrogen) atoms. The van der Waals surface area contributed by atoms with E-state index in [4.69, 9.17) is 60.3 Å². The fourth-order valence-electron chi connectivity index (χ4n) is 6.32. The number of nitriles is 1. The van der Waals surface area contributed by atoms with Crippen LogP contribution in [0.4, 0.5) is 5.69 Å². The molecule has 6 rings (SSSR count). The molecule has 0 bridgehead atoms. The second-order valence-electron chi connectivity index (χ2n) is 14.4. The zero-order valence-electron chi connectivity index (χ0n) is 33.8. The lowest BCUT2D eigenvalue weighted by Gasteiger charge is -2.25. The van der Waals surface area contributed by atoms with Crippen LogP contribution in [0, 0.1) is 31.8 Å². The van der Waals surface area contributed by atoms with Gasteiger partial charge in [-0.2, -0.15) is 5.26 Å². The van der Waals surface area contributed by atoms with Gasteiger partial charge in [0.2, 0.25) is 5.69 Å². The van der Waals surface area contributed by atoms with Crippen molar-refractivity contribution in [1.82, 2.24) is 15.3 Å². The molecule has 1 atom stereocenters. The van der Waals surface area contributed by atoms with E-state index in [1.807, 2.05) is 50.2 Å². The maximum absolute atomic E-state index is 11.9. The van der Waals surface area contributed by atoms with Crippen molar-refractivity contribution >= 4 is 46.5 Å². The van der Waals surface area contributed by atoms with Crippen molar-refractivity contribution in [3.8, 4) is 40.2 Å². The molecule has 2 heterocycles. The minimum Gasteiger partial charge on any atom is -0.488 e. The molecular formula is C47H40Cl3N5O7. The van der Waals surface area contributed by atoms with Crippen LogP contribution in [-0.2, 0) is 37.8 Å². The van der Waals surface area contributed by atoms with Crippen LogP contribution in [0.3, 0.4) is 0 Å². The van der Waals surface area contributed by atoms with Crippen molar-refractivity contribution in [3.05, 3.63) is 169 Å². The maximum atomic E-state index is 11.9. The molecule has 316 valence electrons. The van der Waals surface area contributed by atoms with Gasteiger partial charge in [-0.1, -0.05) is 71.2 Å². The van der Waals surface area contributed by atoms with E-state index in [0.717, 1.165) is 33.4 Å². The standard InChI is InChI=1S/C47H40Cl3N5O7/c1-28-33(25-61-43-15-42(59-24-32-12-36(52-4)22-54-20-32)35(13-39(43)48)21-55-47(3,27-56)46(57)58)7-5-9-37(28)38-10-6-8-34(29(38)2)26-62-45-16-44(40(49)14-41(45)50)60-23-31-11-30(17-51)18-53-19-31/h5-16,18-20,22,55-56H,21,23-27H2,1-3H3,(H,57,58). The predicted molar refractivity (Wildman–Crippen MR) is 236 cm³/mol. The Morgan fingerprint density at radius 3 is 1.81 bits per heavy atom. The van der Waals surface area contributed by atoms with E-state index in [9.17, 15) is 20.3 Å². The highest BCUT2D eigenvalue weighted by Crippen LogP contribution is 2.38. The SMILES string of the molecule is [C-]#[N+]c1cncc(COc2cc(OCc3cccc(-c4cccc(COc5cc(OCc6cncc(C#N)c6)c(Cl)cc5Cl)c4C)c3C)c(Cl)cc2CNC(C)(CO)C(=O)O)c1. The first-order valence-corrected chi connectivity index (χ1v) is 20.2. The molecule has 0 spiro atoms. The molecule has 0 aliphatic rings. The number of rotatable bonds is 18. The Hall–Kier alpha value is -6.38. The fourth-order valence-corrected chi connectivity index (χ4v) is 7.05. The van der Waals surface area contributed by atoms with Gasteiger partial charge in [0, 0.05) is 54.6 Å². The van der Waals surface area contributed by atoms with Gasteiger partial charge < -0.3 is 29.2 Å². The highest BCUT2D eigenvalue weighted by Gasteiger charge is 2.32. The molecule has 12 nitrogen and oxygen atoms in total. The van der Waals surface area contributed by atoms with E-state index >= 15 is 0 Å². The Bertz CT molecular complexity index is 2700. The smallest absolute Gasteiger partial charge is 0.326 e. The van der Waals surface area contributed by atoms with Crippen molar-refractivity contribution in [2.45, 2.75) is 59.3 Å². The van der Waals surface area contributed by atoms with Crippen LogP contribution in [0.1, 0.15) is 51.4 Å². The maximum Gasteiger partial charge on any atom is 0.326 e. The zero-order chi connectivity index (χ0) is 44.4. The van der Waals surface area contributed by atoms with Gasteiger partial charge in [0.15, 0.2) is 0 Å². The Morgan fingerprint density at radius 2 is 1.26 bits per heavy atom. The zero-order valence-corrected chi connectivity index (χ0v) is 36.1. The molecule has 0 amide bonds. The Balaban J connectivity index is 1.19. The van der Waals surface area contributed by atoms with Crippen LogP contribution in [0.25, 0.3) is 16.0 Å². The van der Waals surface area contributed by atoms with Crippen LogP contribution in [0.5, 0.6) is 23.0 Å². The topological polar surface area (TPSA) is 160 Å². The number of carbonyl (C=O) groups is 1. The van der Waals surface area contributed by atoms with E-state index in [2.05, 4.69) is 26.2 Å². The number of carboxylic acids is 1. The molecule has 6 aromatic rings. The molecule has 4 aromatic carbocycles. The van der Waals surface area contributed by atoms with Gasteiger partial charge in [-0.05, 0) is 84.0 Å². The fraction of sp³-hybridized carbons (Fsp3) is 0.213. The van der Waals surface area contributed by atoms with Gasteiger partial charge in [0.1, 0.15) is 61.0 Å². The Morgan fingerprint density at radius 1 is 0.742 bits per heavy atom. The highest BCUT2D eigenvalue weighted by molar-refractivity contribution is 6.36. The van der Waals surface area contributed by atoms with E-state index < -0.39 is 18.1 Å².